The van der Waals surface area contributed by atoms with Crippen LogP contribution < -0.4 is 0 Å². The van der Waals surface area contributed by atoms with E-state index in [0.29, 0.717) is 4.43 Å². The van der Waals surface area contributed by atoms with Crippen LogP contribution in [0.2, 0.25) is 0 Å². The van der Waals surface area contributed by atoms with Crippen LogP contribution in [0.25, 0.3) is 0 Å². The summed E-state index contributed by atoms with van der Waals surface area (Å²) in [6.07, 6.45) is 0.828. The van der Waals surface area contributed by atoms with Crippen molar-refractivity contribution >= 4 is 26.9 Å². The predicted molar refractivity (Wildman–Crippen MR) is 46.8 cm³/mol. The maximum absolute atomic E-state index is 10.3. The van der Waals surface area contributed by atoms with Gasteiger partial charge in [0.15, 0.2) is 0 Å². The maximum Gasteiger partial charge on any atom is 0.150 e. The van der Waals surface area contributed by atoms with E-state index in [2.05, 4.69) is 5.16 Å². The fourth-order valence-corrected chi connectivity index (χ4v) is 1.65. The summed E-state index contributed by atoms with van der Waals surface area (Å²) in [5.74, 6) is 0. The summed E-state index contributed by atoms with van der Waals surface area (Å²) in [4.78, 5) is 5.07. The van der Waals surface area contributed by atoms with Crippen LogP contribution in [-0.4, -0.2) is 15.7 Å². The lowest BCUT2D eigenvalue weighted by Crippen LogP contribution is -2.19. The van der Waals surface area contributed by atoms with Crippen LogP contribution >= 0.6 is 21.2 Å². The molecule has 0 aromatic heterocycles. The molecule has 1 aliphatic rings. The van der Waals surface area contributed by atoms with Crippen molar-refractivity contribution in [3.8, 4) is 0 Å². The van der Waals surface area contributed by atoms with Gasteiger partial charge in [-0.3, -0.25) is 3.07 Å². The van der Waals surface area contributed by atoms with Crippen LogP contribution in [0, 0.1) is 0 Å². The fraction of sp³-hybridized carbons (Fsp3) is 0.833. The molecule has 10 heavy (non-hydrogen) atoms. The topological polar surface area (TPSA) is 38.7 Å². The zero-order chi connectivity index (χ0) is 7.61. The van der Waals surface area contributed by atoms with E-state index in [9.17, 15) is 3.07 Å². The molecule has 4 heteroatoms. The molecule has 0 aliphatic carbocycles. The molecular formula is C6H10INO2. The lowest BCUT2D eigenvalue weighted by Gasteiger charge is -2.12. The van der Waals surface area contributed by atoms with Crippen LogP contribution in [0.15, 0.2) is 5.16 Å². The molecule has 1 aliphatic heterocycles. The van der Waals surface area contributed by atoms with E-state index >= 15 is 0 Å². The van der Waals surface area contributed by atoms with Gasteiger partial charge in [0.05, 0.1) is 10.1 Å². The van der Waals surface area contributed by atoms with E-state index in [-0.39, 0.29) is 5.60 Å². The molecule has 1 rings (SSSR count). The van der Waals surface area contributed by atoms with Crippen molar-refractivity contribution in [3.05, 3.63) is 0 Å². The maximum atomic E-state index is 10.3. The number of rotatable bonds is 2. The van der Waals surface area contributed by atoms with Crippen LogP contribution in [0.5, 0.6) is 0 Å². The van der Waals surface area contributed by atoms with Crippen LogP contribution in [0.4, 0.5) is 0 Å². The molecule has 0 atom stereocenters. The van der Waals surface area contributed by atoms with Gasteiger partial charge in [-0.2, -0.15) is 0 Å². The zero-order valence-corrected chi connectivity index (χ0v) is 8.21. The van der Waals surface area contributed by atoms with Gasteiger partial charge in [0.2, 0.25) is 0 Å². The summed E-state index contributed by atoms with van der Waals surface area (Å²) in [6.45, 7) is 3.96. The monoisotopic (exact) mass is 255 g/mol. The lowest BCUT2D eigenvalue weighted by molar-refractivity contribution is 0.0123. The molecule has 0 aromatic carbocycles. The number of halogens is 1. The molecule has 0 unspecified atom stereocenters. The summed E-state index contributed by atoms with van der Waals surface area (Å²) in [7, 11) is 0. The Kier molecular flexibility index (Phi) is 2.38. The summed E-state index contributed by atoms with van der Waals surface area (Å²) in [5.41, 5.74) is 0.793. The van der Waals surface area contributed by atoms with E-state index in [1.165, 1.54) is 0 Å². The van der Waals surface area contributed by atoms with Crippen molar-refractivity contribution in [2.75, 3.05) is 4.43 Å². The average Bonchev–Trinajstić information content (AvgIpc) is 2.12. The minimum Gasteiger partial charge on any atom is -0.389 e. The second-order valence-electron chi connectivity index (χ2n) is 2.93. The van der Waals surface area contributed by atoms with Crippen molar-refractivity contribution in [3.63, 3.8) is 0 Å². The minimum atomic E-state index is -0.909. The molecule has 0 aromatic rings. The van der Waals surface area contributed by atoms with E-state index in [0.717, 1.165) is 12.1 Å². The third-order valence-corrected chi connectivity index (χ3v) is 2.45. The fourth-order valence-electron chi connectivity index (χ4n) is 0.879. The second-order valence-corrected chi connectivity index (χ2v) is 4.31. The third-order valence-electron chi connectivity index (χ3n) is 1.26. The Balaban J connectivity index is 2.46. The van der Waals surface area contributed by atoms with Gasteiger partial charge in [-0.25, -0.2) is 0 Å². The molecule has 0 amide bonds. The molecule has 0 spiro atoms. The standard InChI is InChI=1S/C6H10INO2/c1-6(2)3-5(4-7-9)8-10-6/h3-4H2,1-2H3. The van der Waals surface area contributed by atoms with E-state index in [1.807, 2.05) is 13.8 Å². The lowest BCUT2D eigenvalue weighted by atomic mass is 10.0. The van der Waals surface area contributed by atoms with Crippen LogP contribution in [0.1, 0.15) is 20.3 Å². The summed E-state index contributed by atoms with van der Waals surface area (Å²) in [6, 6.07) is 0. The van der Waals surface area contributed by atoms with Gasteiger partial charge in [0, 0.05) is 6.42 Å². The first-order chi connectivity index (χ1) is 4.64. The van der Waals surface area contributed by atoms with Gasteiger partial charge < -0.3 is 4.84 Å². The Labute approximate surface area is 70.5 Å². The van der Waals surface area contributed by atoms with E-state index in [1.54, 1.807) is 0 Å². The summed E-state index contributed by atoms with van der Waals surface area (Å²) < 4.78 is 10.9. The van der Waals surface area contributed by atoms with Gasteiger partial charge in [-0.05, 0) is 13.8 Å². The van der Waals surface area contributed by atoms with Crippen molar-refractivity contribution in [2.24, 2.45) is 5.16 Å². The summed E-state index contributed by atoms with van der Waals surface area (Å²) in [5, 5.41) is 3.82. The van der Waals surface area contributed by atoms with Gasteiger partial charge in [0.1, 0.15) is 26.8 Å². The molecule has 0 bridgehead atoms. The SMILES string of the molecule is CC1(C)CC(CI=O)=NO1. The highest BCUT2D eigenvalue weighted by Crippen LogP contribution is 2.23. The Morgan fingerprint density at radius 2 is 2.50 bits per heavy atom. The molecular weight excluding hydrogens is 245 g/mol. The third kappa shape index (κ3) is 2.00. The molecule has 0 N–H and O–H groups in total. The molecule has 3 nitrogen and oxygen atoms in total. The van der Waals surface area contributed by atoms with Crippen LogP contribution in [-0.2, 0) is 7.91 Å². The molecule has 0 saturated carbocycles. The van der Waals surface area contributed by atoms with E-state index < -0.39 is 21.2 Å². The smallest absolute Gasteiger partial charge is 0.150 e. The minimum absolute atomic E-state index is 0.158. The van der Waals surface area contributed by atoms with Crippen molar-refractivity contribution in [1.29, 1.82) is 0 Å². The first-order valence-electron chi connectivity index (χ1n) is 3.09. The number of nitrogens with zero attached hydrogens (tertiary/aromatic N) is 1. The predicted octanol–water partition coefficient (Wildman–Crippen LogP) is 1.86. The van der Waals surface area contributed by atoms with Gasteiger partial charge >= 0.3 is 0 Å². The number of alkyl halides is 1. The molecule has 58 valence electrons. The first-order valence-corrected chi connectivity index (χ1v) is 5.50. The Morgan fingerprint density at radius 3 is 2.90 bits per heavy atom. The number of hydrogen-bond acceptors (Lipinski definition) is 3. The molecule has 1 heterocycles. The highest BCUT2D eigenvalue weighted by molar-refractivity contribution is 14.1. The van der Waals surface area contributed by atoms with E-state index in [4.69, 9.17) is 4.84 Å². The number of oxime groups is 1. The summed E-state index contributed by atoms with van der Waals surface area (Å²) >= 11 is -0.909. The molecule has 0 radical (unpaired) electrons. The molecule has 0 saturated heterocycles. The van der Waals surface area contributed by atoms with Gasteiger partial charge in [-0.1, -0.05) is 5.16 Å². The van der Waals surface area contributed by atoms with Crippen LogP contribution in [0.3, 0.4) is 0 Å². The largest absolute Gasteiger partial charge is 0.389 e. The average molecular weight is 255 g/mol. The Morgan fingerprint density at radius 1 is 1.80 bits per heavy atom. The zero-order valence-electron chi connectivity index (χ0n) is 6.06. The Bertz CT molecular complexity index is 177. The normalized spacial score (nSPS) is 22.0. The highest BCUT2D eigenvalue weighted by Gasteiger charge is 2.28. The first kappa shape index (κ1) is 8.10. The number of hydrogen-bond donors (Lipinski definition) is 0. The second kappa shape index (κ2) is 2.94. The van der Waals surface area contributed by atoms with Crippen molar-refractivity contribution in [2.45, 2.75) is 25.9 Å². The highest BCUT2D eigenvalue weighted by atomic mass is 127. The molecule has 0 fully saturated rings. The quantitative estimate of drug-likeness (QED) is 0.558. The van der Waals surface area contributed by atoms with Crippen molar-refractivity contribution in [1.82, 2.24) is 0 Å². The van der Waals surface area contributed by atoms with Gasteiger partial charge in [0.25, 0.3) is 0 Å². The Hall–Kier alpha value is -0.0000000000000000555. The van der Waals surface area contributed by atoms with Gasteiger partial charge in [-0.15, -0.1) is 0 Å². The van der Waals surface area contributed by atoms with Crippen molar-refractivity contribution < 1.29 is 7.91 Å².